The topological polar surface area (TPSA) is 237 Å². The minimum Gasteiger partial charge on any atom is -0.462 e. The molecule has 17 nitrogen and oxygen atoms in total. The molecule has 0 aliphatic rings. The molecular formula is C74H144O17P2. The summed E-state index contributed by atoms with van der Waals surface area (Å²) in [7, 11) is -9.90. The molecule has 0 amide bonds. The molecule has 0 radical (unpaired) electrons. The second kappa shape index (κ2) is 64.7. The summed E-state index contributed by atoms with van der Waals surface area (Å²) in [5, 5.41) is 10.6. The van der Waals surface area contributed by atoms with Gasteiger partial charge in [0.2, 0.25) is 0 Å². The molecule has 0 spiro atoms. The van der Waals surface area contributed by atoms with Crippen LogP contribution in [0, 0.1) is 17.8 Å². The van der Waals surface area contributed by atoms with Gasteiger partial charge in [-0.15, -0.1) is 0 Å². The number of phosphoric ester groups is 2. The molecule has 0 aromatic carbocycles. The number of esters is 4. The van der Waals surface area contributed by atoms with Crippen LogP contribution in [0.3, 0.4) is 0 Å². The predicted octanol–water partition coefficient (Wildman–Crippen LogP) is 21.4. The zero-order valence-corrected chi connectivity index (χ0v) is 62.5. The summed E-state index contributed by atoms with van der Waals surface area (Å²) in [6.45, 7) is 11.9. The Labute approximate surface area is 568 Å². The molecule has 7 atom stereocenters. The van der Waals surface area contributed by atoms with Crippen molar-refractivity contribution in [3.05, 3.63) is 0 Å². The van der Waals surface area contributed by atoms with Gasteiger partial charge in [0.05, 0.1) is 26.4 Å². The summed E-state index contributed by atoms with van der Waals surface area (Å²) in [6, 6.07) is 0. The third-order valence-electron chi connectivity index (χ3n) is 17.9. The second-order valence-electron chi connectivity index (χ2n) is 27.6. The Kier molecular flexibility index (Phi) is 63.4. The highest BCUT2D eigenvalue weighted by Gasteiger charge is 2.30. The van der Waals surface area contributed by atoms with Gasteiger partial charge in [-0.2, -0.15) is 0 Å². The number of aliphatic hydroxyl groups excluding tert-OH is 1. The Hall–Kier alpha value is -1.94. The number of aliphatic hydroxyl groups is 1. The summed E-state index contributed by atoms with van der Waals surface area (Å²) in [5.41, 5.74) is 0. The lowest BCUT2D eigenvalue weighted by Crippen LogP contribution is -2.30. The van der Waals surface area contributed by atoms with Gasteiger partial charge in [-0.25, -0.2) is 9.13 Å². The van der Waals surface area contributed by atoms with Crippen LogP contribution in [0.5, 0.6) is 0 Å². The minimum absolute atomic E-state index is 0.103. The van der Waals surface area contributed by atoms with Crippen LogP contribution in [0.2, 0.25) is 0 Å². The molecule has 3 N–H and O–H groups in total. The molecule has 0 heterocycles. The number of ether oxygens (including phenoxy) is 4. The summed E-state index contributed by atoms with van der Waals surface area (Å²) < 4.78 is 68.3. The van der Waals surface area contributed by atoms with E-state index in [1.807, 2.05) is 0 Å². The molecule has 0 aliphatic heterocycles. The number of carbonyl (C=O) groups excluding carboxylic acids is 4. The van der Waals surface area contributed by atoms with Gasteiger partial charge in [-0.3, -0.25) is 37.3 Å². The van der Waals surface area contributed by atoms with Crippen molar-refractivity contribution in [2.24, 2.45) is 17.8 Å². The Morgan fingerprint density at radius 3 is 0.817 bits per heavy atom. The first-order chi connectivity index (χ1) is 44.8. The van der Waals surface area contributed by atoms with Crippen molar-refractivity contribution in [1.29, 1.82) is 0 Å². The van der Waals surface area contributed by atoms with E-state index in [4.69, 9.17) is 37.0 Å². The SMILES string of the molecule is CCCCCCCCCC(=O)OC[C@H](COP(=O)(O)OC[C@H](O)COP(=O)(O)OC[C@@H](COC(=O)CCCCCCCCCCCCC(C)CC)OC(=O)CCCCCCCCCCCCCCCCCCCCC(C)CC)OC(=O)CCCCCCCCCC(C)C. The Morgan fingerprint density at radius 2 is 0.548 bits per heavy atom. The molecule has 0 saturated carbocycles. The minimum atomic E-state index is -4.95. The van der Waals surface area contributed by atoms with Crippen molar-refractivity contribution in [2.45, 2.75) is 394 Å². The van der Waals surface area contributed by atoms with Gasteiger partial charge in [0, 0.05) is 25.7 Å². The highest BCUT2D eigenvalue weighted by Crippen LogP contribution is 2.45. The van der Waals surface area contributed by atoms with Gasteiger partial charge in [0.1, 0.15) is 19.3 Å². The third-order valence-corrected chi connectivity index (χ3v) is 19.8. The van der Waals surface area contributed by atoms with Crippen molar-refractivity contribution in [3.63, 3.8) is 0 Å². The largest absolute Gasteiger partial charge is 0.472 e. The molecule has 0 fully saturated rings. The third kappa shape index (κ3) is 65.8. The van der Waals surface area contributed by atoms with E-state index < -0.39 is 97.5 Å². The molecule has 0 bridgehead atoms. The number of phosphoric acid groups is 2. The zero-order chi connectivity index (χ0) is 68.7. The van der Waals surface area contributed by atoms with Crippen LogP contribution >= 0.6 is 15.6 Å². The van der Waals surface area contributed by atoms with Crippen LogP contribution in [0.4, 0.5) is 0 Å². The van der Waals surface area contributed by atoms with Crippen LogP contribution in [0.25, 0.3) is 0 Å². The average Bonchev–Trinajstić information content (AvgIpc) is 2.41. The maximum atomic E-state index is 13.1. The van der Waals surface area contributed by atoms with Gasteiger partial charge in [-0.05, 0) is 43.4 Å². The van der Waals surface area contributed by atoms with Gasteiger partial charge in [0.25, 0.3) is 0 Å². The Bertz CT molecular complexity index is 1820. The first-order valence-electron chi connectivity index (χ1n) is 38.4. The number of hydrogen-bond donors (Lipinski definition) is 3. The Morgan fingerprint density at radius 1 is 0.312 bits per heavy atom. The highest BCUT2D eigenvalue weighted by atomic mass is 31.2. The Balaban J connectivity index is 5.15. The van der Waals surface area contributed by atoms with Crippen LogP contribution in [0.15, 0.2) is 0 Å². The van der Waals surface area contributed by atoms with E-state index in [1.54, 1.807) is 0 Å². The molecular weight excluding hydrogens is 1220 g/mol. The van der Waals surface area contributed by atoms with E-state index >= 15 is 0 Å². The molecule has 0 aromatic rings. The number of rotatable bonds is 72. The summed E-state index contributed by atoms with van der Waals surface area (Å²) in [4.78, 5) is 72.5. The molecule has 0 saturated heterocycles. The summed E-state index contributed by atoms with van der Waals surface area (Å²) >= 11 is 0. The van der Waals surface area contributed by atoms with E-state index in [-0.39, 0.29) is 25.7 Å². The normalized spacial score (nSPS) is 14.7. The molecule has 93 heavy (non-hydrogen) atoms. The lowest BCUT2D eigenvalue weighted by atomic mass is 9.99. The van der Waals surface area contributed by atoms with Crippen LogP contribution in [-0.2, 0) is 65.4 Å². The van der Waals surface area contributed by atoms with Crippen LogP contribution in [0.1, 0.15) is 376 Å². The van der Waals surface area contributed by atoms with Crippen molar-refractivity contribution >= 4 is 39.5 Å². The number of hydrogen-bond acceptors (Lipinski definition) is 15. The maximum Gasteiger partial charge on any atom is 0.472 e. The van der Waals surface area contributed by atoms with Gasteiger partial charge >= 0.3 is 39.5 Å². The van der Waals surface area contributed by atoms with Crippen LogP contribution in [-0.4, -0.2) is 96.7 Å². The maximum absolute atomic E-state index is 13.1. The van der Waals surface area contributed by atoms with Gasteiger partial charge in [-0.1, -0.05) is 325 Å². The molecule has 0 aliphatic carbocycles. The molecule has 4 unspecified atom stereocenters. The average molecular weight is 1370 g/mol. The fourth-order valence-electron chi connectivity index (χ4n) is 11.2. The van der Waals surface area contributed by atoms with Crippen LogP contribution < -0.4 is 0 Å². The lowest BCUT2D eigenvalue weighted by Gasteiger charge is -2.21. The molecule has 552 valence electrons. The second-order valence-corrected chi connectivity index (χ2v) is 30.6. The summed E-state index contributed by atoms with van der Waals surface area (Å²) in [5.74, 6) is 0.248. The first-order valence-corrected chi connectivity index (χ1v) is 41.4. The predicted molar refractivity (Wildman–Crippen MR) is 377 cm³/mol. The lowest BCUT2D eigenvalue weighted by molar-refractivity contribution is -0.161. The van der Waals surface area contributed by atoms with E-state index in [2.05, 4.69) is 48.5 Å². The molecule has 0 aromatic heterocycles. The standard InChI is InChI=1S/C74H144O17P2/c1-8-11-12-13-31-41-48-55-71(76)84-61-69(91-74(79)58-51-44-37-30-32-38-45-52-65(4)5)63-88-92(80,81)86-59-68(75)60-87-93(82,83)89-64-70(62-85-72(77)56-49-42-35-28-25-24-27-34-40-47-54-67(7)10-3)90-73(78)57-50-43-36-29-23-21-19-17-15-14-16-18-20-22-26-33-39-46-53-66(6)9-2/h65-70,75H,8-64H2,1-7H3,(H,80,81)(H,82,83)/t66?,67?,68-,69+,70+/m0/s1. The number of carbonyl (C=O) groups is 4. The van der Waals surface area contributed by atoms with E-state index in [1.165, 1.54) is 173 Å². The quantitative estimate of drug-likeness (QED) is 0.0222. The molecule has 19 heteroatoms. The van der Waals surface area contributed by atoms with Crippen molar-refractivity contribution < 1.29 is 80.2 Å². The van der Waals surface area contributed by atoms with E-state index in [0.29, 0.717) is 31.6 Å². The van der Waals surface area contributed by atoms with Crippen molar-refractivity contribution in [2.75, 3.05) is 39.6 Å². The smallest absolute Gasteiger partial charge is 0.462 e. The fourth-order valence-corrected chi connectivity index (χ4v) is 12.8. The van der Waals surface area contributed by atoms with Crippen molar-refractivity contribution in [3.8, 4) is 0 Å². The fraction of sp³-hybridized carbons (Fsp3) is 0.946. The molecule has 0 rings (SSSR count). The summed E-state index contributed by atoms with van der Waals surface area (Å²) in [6.07, 6.45) is 50.2. The first kappa shape index (κ1) is 91.1. The zero-order valence-electron chi connectivity index (χ0n) is 60.7. The highest BCUT2D eigenvalue weighted by molar-refractivity contribution is 7.47. The monoisotopic (exact) mass is 1370 g/mol. The van der Waals surface area contributed by atoms with Gasteiger partial charge in [0.15, 0.2) is 12.2 Å². The van der Waals surface area contributed by atoms with Gasteiger partial charge < -0.3 is 33.8 Å². The van der Waals surface area contributed by atoms with E-state index in [0.717, 1.165) is 115 Å². The number of unbranched alkanes of at least 4 members (excludes halogenated alkanes) is 38. The van der Waals surface area contributed by atoms with E-state index in [9.17, 15) is 43.2 Å². The van der Waals surface area contributed by atoms with Crippen molar-refractivity contribution in [1.82, 2.24) is 0 Å².